The Morgan fingerprint density at radius 2 is 1.50 bits per heavy atom. The first-order valence-electron chi connectivity index (χ1n) is 8.69. The van der Waals surface area contributed by atoms with Crippen LogP contribution in [0, 0.1) is 6.07 Å². The zero-order valence-corrected chi connectivity index (χ0v) is 14.5. The van der Waals surface area contributed by atoms with E-state index in [1.807, 2.05) is 24.3 Å². The minimum Gasteiger partial charge on any atom is -0.143 e. The van der Waals surface area contributed by atoms with Gasteiger partial charge in [0.05, 0.1) is 0 Å². The Labute approximate surface area is 139 Å². The SMILES string of the molecule is CCCCCCCCCCCc1nnc(-c2cc[c]cc2)s1. The Balaban J connectivity index is 1.57. The minimum atomic E-state index is 1.03. The van der Waals surface area contributed by atoms with E-state index >= 15 is 0 Å². The van der Waals surface area contributed by atoms with Gasteiger partial charge in [-0.25, -0.2) is 0 Å². The van der Waals surface area contributed by atoms with Crippen molar-refractivity contribution >= 4 is 11.3 Å². The quantitative estimate of drug-likeness (QED) is 0.470. The first-order valence-corrected chi connectivity index (χ1v) is 9.50. The molecule has 0 bridgehead atoms. The van der Waals surface area contributed by atoms with Gasteiger partial charge in [0.15, 0.2) is 0 Å². The molecule has 0 aliphatic heterocycles. The number of rotatable bonds is 11. The molecule has 1 heterocycles. The molecular formula is C19H27N2S. The third kappa shape index (κ3) is 6.27. The van der Waals surface area contributed by atoms with Gasteiger partial charge in [0.2, 0.25) is 0 Å². The van der Waals surface area contributed by atoms with Crippen LogP contribution in [0.4, 0.5) is 0 Å². The lowest BCUT2D eigenvalue weighted by Gasteiger charge is -2.00. The van der Waals surface area contributed by atoms with Crippen molar-refractivity contribution in [3.05, 3.63) is 35.3 Å². The number of hydrogen-bond acceptors (Lipinski definition) is 3. The van der Waals surface area contributed by atoms with Crippen LogP contribution >= 0.6 is 11.3 Å². The van der Waals surface area contributed by atoms with Crippen LogP contribution in [-0.2, 0) is 6.42 Å². The summed E-state index contributed by atoms with van der Waals surface area (Å²) in [5, 5.41) is 10.8. The van der Waals surface area contributed by atoms with E-state index in [-0.39, 0.29) is 0 Å². The van der Waals surface area contributed by atoms with Gasteiger partial charge in [-0.2, -0.15) is 0 Å². The first kappa shape index (κ1) is 17.1. The monoisotopic (exact) mass is 315 g/mol. The molecule has 2 aromatic rings. The summed E-state index contributed by atoms with van der Waals surface area (Å²) < 4.78 is 0. The lowest BCUT2D eigenvalue weighted by atomic mass is 10.1. The highest BCUT2D eigenvalue weighted by Gasteiger charge is 2.05. The van der Waals surface area contributed by atoms with Crippen molar-refractivity contribution < 1.29 is 0 Å². The van der Waals surface area contributed by atoms with Crippen molar-refractivity contribution in [2.45, 2.75) is 71.1 Å². The molecule has 2 nitrogen and oxygen atoms in total. The molecule has 0 unspecified atom stereocenters. The molecule has 0 amide bonds. The normalized spacial score (nSPS) is 11.0. The summed E-state index contributed by atoms with van der Waals surface area (Å²) in [5.41, 5.74) is 1.15. The summed E-state index contributed by atoms with van der Waals surface area (Å²) in [6.45, 7) is 2.27. The van der Waals surface area contributed by atoms with Gasteiger partial charge in [0.1, 0.15) is 10.0 Å². The van der Waals surface area contributed by atoms with Crippen LogP contribution in [0.25, 0.3) is 10.6 Å². The van der Waals surface area contributed by atoms with E-state index in [0.717, 1.165) is 17.0 Å². The molecule has 2 rings (SSSR count). The molecule has 0 saturated carbocycles. The molecule has 1 radical (unpaired) electrons. The average molecular weight is 316 g/mol. The van der Waals surface area contributed by atoms with E-state index in [1.165, 1.54) is 62.8 Å². The van der Waals surface area contributed by atoms with E-state index < -0.39 is 0 Å². The van der Waals surface area contributed by atoms with Gasteiger partial charge in [-0.05, 0) is 12.5 Å². The molecule has 1 aromatic heterocycles. The number of aryl methyl sites for hydroxylation is 1. The van der Waals surface area contributed by atoms with Crippen LogP contribution in [0.5, 0.6) is 0 Å². The van der Waals surface area contributed by atoms with Gasteiger partial charge >= 0.3 is 0 Å². The molecule has 0 aliphatic rings. The van der Waals surface area contributed by atoms with Crippen molar-refractivity contribution in [1.29, 1.82) is 0 Å². The van der Waals surface area contributed by atoms with Crippen LogP contribution in [0.1, 0.15) is 69.7 Å². The molecule has 0 fully saturated rings. The highest BCUT2D eigenvalue weighted by molar-refractivity contribution is 7.14. The van der Waals surface area contributed by atoms with Crippen molar-refractivity contribution in [1.82, 2.24) is 10.2 Å². The maximum atomic E-state index is 4.32. The minimum absolute atomic E-state index is 1.03. The first-order chi connectivity index (χ1) is 10.9. The van der Waals surface area contributed by atoms with E-state index in [2.05, 4.69) is 23.2 Å². The fraction of sp³-hybridized carbons (Fsp3) is 0.579. The van der Waals surface area contributed by atoms with Gasteiger partial charge in [-0.1, -0.05) is 93.9 Å². The molecule has 0 atom stereocenters. The molecular weight excluding hydrogens is 288 g/mol. The summed E-state index contributed by atoms with van der Waals surface area (Å²) in [6, 6.07) is 11.0. The topological polar surface area (TPSA) is 25.8 Å². The third-order valence-corrected chi connectivity index (χ3v) is 4.96. The number of hydrogen-bond donors (Lipinski definition) is 0. The Hall–Kier alpha value is -1.22. The average Bonchev–Trinajstić information content (AvgIpc) is 3.03. The van der Waals surface area contributed by atoms with E-state index in [9.17, 15) is 0 Å². The summed E-state index contributed by atoms with van der Waals surface area (Å²) in [5.74, 6) is 0. The predicted molar refractivity (Wildman–Crippen MR) is 95.1 cm³/mol. The maximum absolute atomic E-state index is 4.32. The molecule has 0 spiro atoms. The highest BCUT2D eigenvalue weighted by atomic mass is 32.1. The zero-order chi connectivity index (χ0) is 15.5. The van der Waals surface area contributed by atoms with Gasteiger partial charge in [0, 0.05) is 12.0 Å². The van der Waals surface area contributed by atoms with Crippen LogP contribution in [0.3, 0.4) is 0 Å². The third-order valence-electron chi connectivity index (χ3n) is 3.93. The largest absolute Gasteiger partial charge is 0.147 e. The number of nitrogens with zero attached hydrogens (tertiary/aromatic N) is 2. The highest BCUT2D eigenvalue weighted by Crippen LogP contribution is 2.24. The maximum Gasteiger partial charge on any atom is 0.147 e. The van der Waals surface area contributed by atoms with Gasteiger partial charge in [0.25, 0.3) is 0 Å². The molecule has 0 aliphatic carbocycles. The van der Waals surface area contributed by atoms with E-state index in [0.29, 0.717) is 0 Å². The Morgan fingerprint density at radius 1 is 0.864 bits per heavy atom. The summed E-state index contributed by atoms with van der Waals surface area (Å²) in [4.78, 5) is 0. The van der Waals surface area contributed by atoms with Crippen molar-refractivity contribution in [2.75, 3.05) is 0 Å². The number of aromatic nitrogens is 2. The van der Waals surface area contributed by atoms with E-state index in [4.69, 9.17) is 0 Å². The summed E-state index contributed by atoms with van der Waals surface area (Å²) in [7, 11) is 0. The van der Waals surface area contributed by atoms with Gasteiger partial charge in [-0.3, -0.25) is 0 Å². The lowest BCUT2D eigenvalue weighted by Crippen LogP contribution is -1.86. The predicted octanol–water partition coefficient (Wildman–Crippen LogP) is 6.08. The van der Waals surface area contributed by atoms with Gasteiger partial charge < -0.3 is 0 Å². The molecule has 1 aromatic carbocycles. The Kier molecular flexibility index (Phi) is 8.18. The smallest absolute Gasteiger partial charge is 0.143 e. The summed E-state index contributed by atoms with van der Waals surface area (Å²) >= 11 is 1.73. The van der Waals surface area contributed by atoms with Crippen LogP contribution in [0.2, 0.25) is 0 Å². The van der Waals surface area contributed by atoms with Crippen LogP contribution in [-0.4, -0.2) is 10.2 Å². The second kappa shape index (κ2) is 10.5. The zero-order valence-electron chi connectivity index (χ0n) is 13.7. The number of benzene rings is 1. The van der Waals surface area contributed by atoms with Crippen molar-refractivity contribution in [2.24, 2.45) is 0 Å². The van der Waals surface area contributed by atoms with Crippen LogP contribution < -0.4 is 0 Å². The fourth-order valence-corrected chi connectivity index (χ4v) is 3.47. The fourth-order valence-electron chi connectivity index (χ4n) is 2.59. The van der Waals surface area contributed by atoms with E-state index in [1.54, 1.807) is 11.3 Å². The Bertz CT molecular complexity index is 507. The van der Waals surface area contributed by atoms with Crippen LogP contribution in [0.15, 0.2) is 24.3 Å². The second-order valence-corrected chi connectivity index (χ2v) is 6.93. The lowest BCUT2D eigenvalue weighted by molar-refractivity contribution is 0.564. The van der Waals surface area contributed by atoms with Crippen molar-refractivity contribution in [3.8, 4) is 10.6 Å². The Morgan fingerprint density at radius 3 is 2.18 bits per heavy atom. The molecule has 3 heteroatoms. The molecule has 0 N–H and O–H groups in total. The second-order valence-electron chi connectivity index (χ2n) is 5.87. The number of unbranched alkanes of at least 4 members (excludes halogenated alkanes) is 8. The van der Waals surface area contributed by atoms with Gasteiger partial charge in [-0.15, -0.1) is 10.2 Å². The molecule has 119 valence electrons. The molecule has 0 saturated heterocycles. The van der Waals surface area contributed by atoms with Crippen molar-refractivity contribution in [3.63, 3.8) is 0 Å². The standard InChI is InChI=1S/C19H27N2S/c1-2-3-4-5-6-7-8-9-13-16-18-20-21-19(22-18)17-14-11-10-12-15-17/h11-12,14-15H,2-9,13,16H2,1H3. The molecule has 22 heavy (non-hydrogen) atoms. The summed E-state index contributed by atoms with van der Waals surface area (Å²) in [6.07, 6.45) is 13.4.